The van der Waals surface area contributed by atoms with Crippen molar-refractivity contribution in [3.8, 4) is 28.5 Å². The molecule has 0 saturated heterocycles. The molecule has 126 valence electrons. The lowest BCUT2D eigenvalue weighted by Crippen LogP contribution is -1.99. The average molecular weight is 339 g/mol. The summed E-state index contributed by atoms with van der Waals surface area (Å²) in [4.78, 5) is 22.0. The Labute approximate surface area is 142 Å². The third kappa shape index (κ3) is 3.32. The molecule has 0 spiro atoms. The summed E-state index contributed by atoms with van der Waals surface area (Å²) in [7, 11) is 1.50. The van der Waals surface area contributed by atoms with Crippen molar-refractivity contribution in [2.45, 2.75) is 0 Å². The van der Waals surface area contributed by atoms with Crippen LogP contribution in [0.4, 0.5) is 0 Å². The number of carbonyl (C=O) groups excluding carboxylic acids is 1. The predicted octanol–water partition coefficient (Wildman–Crippen LogP) is 2.78. The fourth-order valence-electron chi connectivity index (χ4n) is 2.24. The van der Waals surface area contributed by atoms with Gasteiger partial charge in [-0.3, -0.25) is 4.79 Å². The number of carboxylic acid groups (broad SMARTS) is 1. The van der Waals surface area contributed by atoms with Crippen molar-refractivity contribution in [1.82, 2.24) is 15.4 Å². The number of aldehydes is 1. The van der Waals surface area contributed by atoms with Gasteiger partial charge >= 0.3 is 5.97 Å². The topological polar surface area (TPSA) is 114 Å². The van der Waals surface area contributed by atoms with Crippen molar-refractivity contribution in [1.29, 1.82) is 0 Å². The third-order valence-electron chi connectivity index (χ3n) is 3.49. The number of methoxy groups -OCH3 is 1. The van der Waals surface area contributed by atoms with Crippen LogP contribution in [-0.4, -0.2) is 39.9 Å². The summed E-state index contributed by atoms with van der Waals surface area (Å²) in [5, 5.41) is 18.3. The number of carboxylic acids is 1. The molecule has 3 aromatic rings. The van der Waals surface area contributed by atoms with Gasteiger partial charge in [-0.2, -0.15) is 0 Å². The summed E-state index contributed by atoms with van der Waals surface area (Å²) in [6.45, 7) is 0. The molecule has 0 aliphatic carbocycles. The van der Waals surface area contributed by atoms with Gasteiger partial charge in [-0.15, -0.1) is 0 Å². The lowest BCUT2D eigenvalue weighted by molar-refractivity contribution is 0.0687. The van der Waals surface area contributed by atoms with E-state index >= 15 is 0 Å². The van der Waals surface area contributed by atoms with E-state index < -0.39 is 5.97 Å². The van der Waals surface area contributed by atoms with Crippen molar-refractivity contribution in [3.63, 3.8) is 0 Å². The van der Waals surface area contributed by atoms with Gasteiger partial charge < -0.3 is 14.6 Å². The van der Waals surface area contributed by atoms with Crippen LogP contribution in [0.1, 0.15) is 20.8 Å². The zero-order valence-corrected chi connectivity index (χ0v) is 13.1. The van der Waals surface area contributed by atoms with Crippen molar-refractivity contribution >= 4 is 12.3 Å². The lowest BCUT2D eigenvalue weighted by atomic mass is 10.0. The van der Waals surface area contributed by atoms with E-state index in [1.807, 2.05) is 6.07 Å². The van der Waals surface area contributed by atoms with Gasteiger partial charge in [0.1, 0.15) is 11.5 Å². The molecule has 0 unspecified atom stereocenters. The number of rotatable bonds is 6. The molecule has 0 aliphatic heterocycles. The number of hydrogen-bond acceptors (Lipinski definition) is 6. The van der Waals surface area contributed by atoms with Crippen LogP contribution < -0.4 is 9.47 Å². The molecular formula is C17H13N3O5. The molecule has 0 atom stereocenters. The molecule has 0 saturated carbocycles. The minimum absolute atomic E-state index is 0.114. The van der Waals surface area contributed by atoms with Gasteiger partial charge in [-0.1, -0.05) is 28.5 Å². The van der Waals surface area contributed by atoms with E-state index in [0.29, 0.717) is 17.1 Å². The van der Waals surface area contributed by atoms with Gasteiger partial charge in [0.15, 0.2) is 6.29 Å². The second-order valence-electron chi connectivity index (χ2n) is 5.00. The Balaban J connectivity index is 1.84. The lowest BCUT2D eigenvalue weighted by Gasteiger charge is -2.08. The van der Waals surface area contributed by atoms with E-state index in [2.05, 4.69) is 15.4 Å². The van der Waals surface area contributed by atoms with Gasteiger partial charge in [0.05, 0.1) is 12.7 Å². The summed E-state index contributed by atoms with van der Waals surface area (Å²) in [6.07, 6.45) is 0.734. The molecule has 3 rings (SSSR count). The van der Waals surface area contributed by atoms with Gasteiger partial charge in [-0.25, -0.2) is 9.89 Å². The quantitative estimate of drug-likeness (QED) is 0.664. The van der Waals surface area contributed by atoms with Crippen molar-refractivity contribution in [3.05, 3.63) is 53.7 Å². The van der Waals surface area contributed by atoms with E-state index in [-0.39, 0.29) is 11.6 Å². The highest BCUT2D eigenvalue weighted by Crippen LogP contribution is 2.29. The molecule has 8 nitrogen and oxygen atoms in total. The van der Waals surface area contributed by atoms with Crippen LogP contribution in [0.3, 0.4) is 0 Å². The van der Waals surface area contributed by atoms with Crippen LogP contribution in [0.25, 0.3) is 11.1 Å². The average Bonchev–Trinajstić information content (AvgIpc) is 3.10. The number of hydrogen-bond donors (Lipinski definition) is 2. The maximum atomic E-state index is 11.0. The first kappa shape index (κ1) is 16.2. The molecule has 25 heavy (non-hydrogen) atoms. The summed E-state index contributed by atoms with van der Waals surface area (Å²) >= 11 is 0. The molecule has 0 bridgehead atoms. The first-order chi connectivity index (χ1) is 12.1. The number of benzene rings is 2. The number of nitrogens with zero attached hydrogens (tertiary/aromatic N) is 2. The Morgan fingerprint density at radius 2 is 1.88 bits per heavy atom. The molecule has 0 amide bonds. The number of aromatic amines is 1. The maximum absolute atomic E-state index is 11.0. The van der Waals surface area contributed by atoms with Crippen molar-refractivity contribution < 1.29 is 24.2 Å². The van der Waals surface area contributed by atoms with Crippen LogP contribution in [0.2, 0.25) is 0 Å². The van der Waals surface area contributed by atoms with Gasteiger partial charge in [0, 0.05) is 0 Å². The Morgan fingerprint density at radius 1 is 1.16 bits per heavy atom. The molecule has 8 heteroatoms. The number of carbonyl (C=O) groups is 2. The molecular weight excluding hydrogens is 326 g/mol. The number of aromatic carboxylic acids is 1. The van der Waals surface area contributed by atoms with Crippen LogP contribution in [0.5, 0.6) is 17.4 Å². The molecule has 0 radical (unpaired) electrons. The van der Waals surface area contributed by atoms with E-state index in [0.717, 1.165) is 17.4 Å². The zero-order valence-electron chi connectivity index (χ0n) is 13.1. The van der Waals surface area contributed by atoms with E-state index in [1.54, 1.807) is 36.4 Å². The third-order valence-corrected chi connectivity index (χ3v) is 3.49. The Hall–Kier alpha value is -3.68. The Kier molecular flexibility index (Phi) is 4.42. The van der Waals surface area contributed by atoms with E-state index in [9.17, 15) is 9.59 Å². The first-order valence-electron chi connectivity index (χ1n) is 7.18. The highest BCUT2D eigenvalue weighted by atomic mass is 16.5. The second kappa shape index (κ2) is 6.83. The summed E-state index contributed by atoms with van der Waals surface area (Å²) in [5.74, 6) is -0.422. The van der Waals surface area contributed by atoms with Gasteiger partial charge in [0.2, 0.25) is 5.69 Å². The molecule has 1 heterocycles. The van der Waals surface area contributed by atoms with E-state index in [1.165, 1.54) is 7.11 Å². The second-order valence-corrected chi connectivity index (χ2v) is 5.00. The summed E-state index contributed by atoms with van der Waals surface area (Å²) in [5.41, 5.74) is 1.99. The highest BCUT2D eigenvalue weighted by molar-refractivity contribution is 5.87. The number of H-pyrrole nitrogens is 1. The van der Waals surface area contributed by atoms with Crippen LogP contribution in [0.15, 0.2) is 42.5 Å². The summed E-state index contributed by atoms with van der Waals surface area (Å²) < 4.78 is 10.6. The monoisotopic (exact) mass is 339 g/mol. The summed E-state index contributed by atoms with van der Waals surface area (Å²) in [6, 6.07) is 12.2. The smallest absolute Gasteiger partial charge is 0.359 e. The highest BCUT2D eigenvalue weighted by Gasteiger charge is 2.16. The van der Waals surface area contributed by atoms with Crippen LogP contribution >= 0.6 is 0 Å². The number of aromatic nitrogens is 3. The standard InChI is InChI=1S/C17H13N3O5/c1-24-14-8-11(2-3-12(14)9-21)10-4-6-13(7-5-10)25-16-15(17(22)23)18-20-19-16/h2-9H,1H3,(H,22,23)(H,18,19,20). The normalized spacial score (nSPS) is 10.3. The van der Waals surface area contributed by atoms with E-state index in [4.69, 9.17) is 14.6 Å². The van der Waals surface area contributed by atoms with Crippen LogP contribution in [0, 0.1) is 0 Å². The largest absolute Gasteiger partial charge is 0.496 e. The predicted molar refractivity (Wildman–Crippen MR) is 87.2 cm³/mol. The number of ether oxygens (including phenoxy) is 2. The molecule has 1 aromatic heterocycles. The molecule has 2 N–H and O–H groups in total. The van der Waals surface area contributed by atoms with Crippen molar-refractivity contribution in [2.24, 2.45) is 0 Å². The minimum Gasteiger partial charge on any atom is -0.496 e. The SMILES string of the molecule is COc1cc(-c2ccc(Oc3nn[nH]c3C(=O)O)cc2)ccc1C=O. The molecule has 0 fully saturated rings. The van der Waals surface area contributed by atoms with Gasteiger partial charge in [-0.05, 0) is 35.4 Å². The Bertz CT molecular complexity index is 918. The maximum Gasteiger partial charge on any atom is 0.359 e. The zero-order chi connectivity index (χ0) is 17.8. The molecule has 2 aromatic carbocycles. The minimum atomic E-state index is -1.21. The fraction of sp³-hybridized carbons (Fsp3) is 0.0588. The molecule has 0 aliphatic rings. The van der Waals surface area contributed by atoms with Crippen LogP contribution in [-0.2, 0) is 0 Å². The fourth-order valence-corrected chi connectivity index (χ4v) is 2.24. The Morgan fingerprint density at radius 3 is 2.52 bits per heavy atom. The first-order valence-corrected chi connectivity index (χ1v) is 7.18. The van der Waals surface area contributed by atoms with Gasteiger partial charge in [0.25, 0.3) is 5.88 Å². The van der Waals surface area contributed by atoms with Crippen molar-refractivity contribution in [2.75, 3.05) is 7.11 Å². The number of nitrogens with one attached hydrogen (secondary N) is 1.